The molecule has 3 rings (SSSR count). The first-order valence-electron chi connectivity index (χ1n) is 5.56. The van der Waals surface area contributed by atoms with Crippen LogP contribution in [0, 0.1) is 0 Å². The number of hydrogen-bond donors (Lipinski definition) is 0. The molecular formula is C13H16. The Hall–Kier alpha value is -0.780. The Bertz CT molecular complexity index is 296. The van der Waals surface area contributed by atoms with Crippen molar-refractivity contribution in [3.05, 3.63) is 34.4 Å². The largest absolute Gasteiger partial charge is 0.0769 e. The van der Waals surface area contributed by atoms with Crippen molar-refractivity contribution in [2.75, 3.05) is 0 Å². The van der Waals surface area contributed by atoms with Gasteiger partial charge in [-0.05, 0) is 61.7 Å². The van der Waals surface area contributed by atoms with Gasteiger partial charge in [0.1, 0.15) is 0 Å². The molecule has 3 aliphatic rings. The van der Waals surface area contributed by atoms with E-state index in [2.05, 4.69) is 12.2 Å². The van der Waals surface area contributed by atoms with Crippen molar-refractivity contribution in [2.45, 2.75) is 44.9 Å². The molecule has 0 nitrogen and oxygen atoms in total. The fraction of sp³-hybridized carbons (Fsp3) is 0.538. The van der Waals surface area contributed by atoms with Gasteiger partial charge in [0.15, 0.2) is 0 Å². The van der Waals surface area contributed by atoms with Crippen molar-refractivity contribution in [3.8, 4) is 0 Å². The Morgan fingerprint density at radius 1 is 0.769 bits per heavy atom. The van der Waals surface area contributed by atoms with Gasteiger partial charge in [-0.15, -0.1) is 0 Å². The Balaban J connectivity index is 2.14. The van der Waals surface area contributed by atoms with Crippen LogP contribution in [0.3, 0.4) is 0 Å². The van der Waals surface area contributed by atoms with Gasteiger partial charge in [0.05, 0.1) is 0 Å². The molecular weight excluding hydrogens is 156 g/mol. The van der Waals surface area contributed by atoms with Crippen LogP contribution in [-0.4, -0.2) is 0 Å². The van der Waals surface area contributed by atoms with Gasteiger partial charge in [-0.1, -0.05) is 17.7 Å². The third kappa shape index (κ3) is 1.12. The van der Waals surface area contributed by atoms with Gasteiger partial charge in [0, 0.05) is 0 Å². The normalized spacial score (nSPS) is 26.5. The van der Waals surface area contributed by atoms with Crippen LogP contribution in [-0.2, 0) is 0 Å². The highest BCUT2D eigenvalue weighted by Crippen LogP contribution is 2.43. The molecule has 0 aromatic carbocycles. The summed E-state index contributed by atoms with van der Waals surface area (Å²) in [5, 5.41) is 0. The van der Waals surface area contributed by atoms with Crippen LogP contribution in [0.1, 0.15) is 44.9 Å². The average molecular weight is 172 g/mol. The predicted molar refractivity (Wildman–Crippen MR) is 55.5 cm³/mol. The molecule has 0 aromatic rings. The van der Waals surface area contributed by atoms with E-state index in [1.807, 2.05) is 0 Å². The predicted octanol–water partition coefficient (Wildman–Crippen LogP) is 3.91. The third-order valence-corrected chi connectivity index (χ3v) is 3.57. The Morgan fingerprint density at radius 3 is 2.00 bits per heavy atom. The van der Waals surface area contributed by atoms with Crippen molar-refractivity contribution < 1.29 is 0 Å². The molecule has 0 bridgehead atoms. The molecule has 0 spiro atoms. The maximum Gasteiger partial charge on any atom is -0.0157 e. The molecule has 0 aliphatic heterocycles. The van der Waals surface area contributed by atoms with Gasteiger partial charge in [0.25, 0.3) is 0 Å². The summed E-state index contributed by atoms with van der Waals surface area (Å²) in [5.41, 5.74) is 6.83. The molecule has 0 fully saturated rings. The second-order valence-corrected chi connectivity index (χ2v) is 4.38. The second-order valence-electron chi connectivity index (χ2n) is 4.38. The monoisotopic (exact) mass is 172 g/mol. The van der Waals surface area contributed by atoms with Gasteiger partial charge in [-0.25, -0.2) is 0 Å². The molecule has 0 radical (unpaired) electrons. The number of rotatable bonds is 0. The van der Waals surface area contributed by atoms with E-state index in [0.717, 1.165) is 0 Å². The lowest BCUT2D eigenvalue weighted by Crippen LogP contribution is -2.12. The standard InChI is InChI=1S/C13H16/c1-4-10-6-2-8-12-9-3-7-11(5-1)13(10)12/h4-5H,1-3,6-9H2. The van der Waals surface area contributed by atoms with Crippen LogP contribution >= 0.6 is 0 Å². The minimum absolute atomic E-state index is 1.20. The van der Waals surface area contributed by atoms with E-state index in [4.69, 9.17) is 0 Å². The first-order valence-corrected chi connectivity index (χ1v) is 5.56. The van der Waals surface area contributed by atoms with Crippen LogP contribution in [0.15, 0.2) is 34.4 Å². The zero-order chi connectivity index (χ0) is 8.67. The van der Waals surface area contributed by atoms with E-state index in [1.54, 1.807) is 22.3 Å². The lowest BCUT2D eigenvalue weighted by Gasteiger charge is -2.31. The van der Waals surface area contributed by atoms with Gasteiger partial charge < -0.3 is 0 Å². The molecule has 0 aromatic heterocycles. The SMILES string of the molecule is C1=C2CCCC3=C2C(=CC1)CCC3. The molecule has 3 aliphatic carbocycles. The lowest BCUT2D eigenvalue weighted by molar-refractivity contribution is 0.657. The Kier molecular flexibility index (Phi) is 1.68. The highest BCUT2D eigenvalue weighted by Gasteiger charge is 2.24. The van der Waals surface area contributed by atoms with Gasteiger partial charge in [-0.3, -0.25) is 0 Å². The molecule has 0 heterocycles. The van der Waals surface area contributed by atoms with E-state index in [-0.39, 0.29) is 0 Å². The zero-order valence-electron chi connectivity index (χ0n) is 8.10. The van der Waals surface area contributed by atoms with Crippen molar-refractivity contribution >= 4 is 0 Å². The average Bonchev–Trinajstić information content (AvgIpc) is 2.19. The Labute approximate surface area is 80.0 Å². The van der Waals surface area contributed by atoms with Crippen LogP contribution in [0.4, 0.5) is 0 Å². The minimum atomic E-state index is 1.20. The van der Waals surface area contributed by atoms with E-state index < -0.39 is 0 Å². The Morgan fingerprint density at radius 2 is 1.38 bits per heavy atom. The van der Waals surface area contributed by atoms with Crippen LogP contribution in [0.25, 0.3) is 0 Å². The van der Waals surface area contributed by atoms with Gasteiger partial charge in [-0.2, -0.15) is 0 Å². The minimum Gasteiger partial charge on any atom is -0.0769 e. The van der Waals surface area contributed by atoms with Crippen molar-refractivity contribution in [3.63, 3.8) is 0 Å². The summed E-state index contributed by atoms with van der Waals surface area (Å²) in [6, 6.07) is 0. The molecule has 0 amide bonds. The molecule has 0 saturated carbocycles. The van der Waals surface area contributed by atoms with Crippen LogP contribution in [0.5, 0.6) is 0 Å². The zero-order valence-corrected chi connectivity index (χ0v) is 8.10. The molecule has 0 saturated heterocycles. The van der Waals surface area contributed by atoms with Gasteiger partial charge in [0.2, 0.25) is 0 Å². The van der Waals surface area contributed by atoms with E-state index in [9.17, 15) is 0 Å². The maximum absolute atomic E-state index is 2.45. The molecule has 0 heteroatoms. The first kappa shape index (κ1) is 7.61. The summed E-state index contributed by atoms with van der Waals surface area (Å²) in [7, 11) is 0. The van der Waals surface area contributed by atoms with E-state index in [1.165, 1.54) is 44.9 Å². The molecule has 0 N–H and O–H groups in total. The molecule has 0 unspecified atom stereocenters. The lowest BCUT2D eigenvalue weighted by atomic mass is 9.74. The fourth-order valence-electron chi connectivity index (χ4n) is 3.02. The van der Waals surface area contributed by atoms with Crippen molar-refractivity contribution in [1.29, 1.82) is 0 Å². The summed E-state index contributed by atoms with van der Waals surface area (Å²) in [6.07, 6.45) is 14.3. The van der Waals surface area contributed by atoms with E-state index in [0.29, 0.717) is 0 Å². The third-order valence-electron chi connectivity index (χ3n) is 3.57. The summed E-state index contributed by atoms with van der Waals surface area (Å²) >= 11 is 0. The van der Waals surface area contributed by atoms with Crippen LogP contribution < -0.4 is 0 Å². The second kappa shape index (κ2) is 2.87. The molecule has 68 valence electrons. The van der Waals surface area contributed by atoms with Crippen LogP contribution in [0.2, 0.25) is 0 Å². The van der Waals surface area contributed by atoms with Crippen molar-refractivity contribution in [1.82, 2.24) is 0 Å². The molecule has 0 atom stereocenters. The van der Waals surface area contributed by atoms with Gasteiger partial charge >= 0.3 is 0 Å². The number of allylic oxidation sites excluding steroid dienone is 6. The summed E-state index contributed by atoms with van der Waals surface area (Å²) < 4.78 is 0. The number of hydrogen-bond acceptors (Lipinski definition) is 0. The molecule has 13 heavy (non-hydrogen) atoms. The highest BCUT2D eigenvalue weighted by atomic mass is 14.3. The quantitative estimate of drug-likeness (QED) is 0.519. The van der Waals surface area contributed by atoms with E-state index >= 15 is 0 Å². The smallest absolute Gasteiger partial charge is 0.0157 e. The summed E-state index contributed by atoms with van der Waals surface area (Å²) in [5.74, 6) is 0. The first-order chi connectivity index (χ1) is 6.45. The summed E-state index contributed by atoms with van der Waals surface area (Å²) in [6.45, 7) is 0. The fourth-order valence-corrected chi connectivity index (χ4v) is 3.02. The van der Waals surface area contributed by atoms with Crippen molar-refractivity contribution in [2.24, 2.45) is 0 Å². The summed E-state index contributed by atoms with van der Waals surface area (Å²) in [4.78, 5) is 0. The maximum atomic E-state index is 2.45. The highest BCUT2D eigenvalue weighted by molar-refractivity contribution is 5.55. The topological polar surface area (TPSA) is 0 Å².